The van der Waals surface area contributed by atoms with Crippen molar-refractivity contribution in [2.45, 2.75) is 19.8 Å². The van der Waals surface area contributed by atoms with E-state index in [9.17, 15) is 20.0 Å². The second-order valence-corrected chi connectivity index (χ2v) is 6.35. The van der Waals surface area contributed by atoms with E-state index in [0.717, 1.165) is 6.42 Å². The number of hydrogen-bond acceptors (Lipinski definition) is 4. The van der Waals surface area contributed by atoms with Gasteiger partial charge in [-0.3, -0.25) is 10.1 Å². The second kappa shape index (κ2) is 7.59. The van der Waals surface area contributed by atoms with Gasteiger partial charge in [-0.25, -0.2) is 9.48 Å². The fraction of sp³-hybridized carbons (Fsp3) is 0.158. The highest BCUT2D eigenvalue weighted by Gasteiger charge is 2.25. The quantitative estimate of drug-likeness (QED) is 0.487. The molecular weight excluding hydrogens is 370 g/mol. The number of benzene rings is 2. The van der Waals surface area contributed by atoms with Gasteiger partial charge in [-0.05, 0) is 42.8 Å². The van der Waals surface area contributed by atoms with Gasteiger partial charge in [0.05, 0.1) is 16.3 Å². The summed E-state index contributed by atoms with van der Waals surface area (Å²) in [6, 6.07) is 12.6. The van der Waals surface area contributed by atoms with E-state index in [0.29, 0.717) is 28.4 Å². The van der Waals surface area contributed by atoms with Crippen molar-refractivity contribution in [3.8, 4) is 16.9 Å². The first kappa shape index (κ1) is 18.6. The molecule has 0 spiro atoms. The smallest absolute Gasteiger partial charge is 0.339 e. The lowest BCUT2D eigenvalue weighted by Gasteiger charge is -2.07. The summed E-state index contributed by atoms with van der Waals surface area (Å²) in [4.78, 5) is 22.3. The van der Waals surface area contributed by atoms with Crippen molar-refractivity contribution >= 4 is 23.3 Å². The minimum absolute atomic E-state index is 0.0680. The van der Waals surface area contributed by atoms with E-state index in [1.165, 1.54) is 24.3 Å². The number of carboxylic acids is 1. The average molecular weight is 386 g/mol. The number of nitrogens with zero attached hydrogens (tertiary/aromatic N) is 3. The first-order valence-electron chi connectivity index (χ1n) is 8.28. The lowest BCUT2D eigenvalue weighted by atomic mass is 10.0. The number of halogens is 1. The predicted molar refractivity (Wildman–Crippen MR) is 102 cm³/mol. The summed E-state index contributed by atoms with van der Waals surface area (Å²) in [6.07, 6.45) is 1.25. The Morgan fingerprint density at radius 1 is 1.19 bits per heavy atom. The van der Waals surface area contributed by atoms with E-state index in [2.05, 4.69) is 5.10 Å². The zero-order valence-electron chi connectivity index (χ0n) is 14.4. The fourth-order valence-corrected chi connectivity index (χ4v) is 3.01. The Bertz CT molecular complexity index is 995. The minimum atomic E-state index is -1.09. The third-order valence-electron chi connectivity index (χ3n) is 4.10. The monoisotopic (exact) mass is 385 g/mol. The molecule has 0 aliphatic heterocycles. The maximum absolute atomic E-state index is 12.0. The Balaban J connectivity index is 2.21. The molecule has 0 saturated heterocycles. The summed E-state index contributed by atoms with van der Waals surface area (Å²) in [7, 11) is 0. The Kier molecular flexibility index (Phi) is 5.23. The van der Waals surface area contributed by atoms with Crippen LogP contribution in [0.3, 0.4) is 0 Å². The molecule has 0 amide bonds. The molecule has 8 heteroatoms. The number of hydrogen-bond donors (Lipinski definition) is 1. The van der Waals surface area contributed by atoms with E-state index >= 15 is 0 Å². The van der Waals surface area contributed by atoms with Gasteiger partial charge in [0.1, 0.15) is 11.3 Å². The van der Waals surface area contributed by atoms with Crippen molar-refractivity contribution in [1.82, 2.24) is 9.78 Å². The Morgan fingerprint density at radius 3 is 2.33 bits per heavy atom. The lowest BCUT2D eigenvalue weighted by molar-refractivity contribution is -0.384. The molecule has 1 heterocycles. The maximum Gasteiger partial charge on any atom is 0.339 e. The Morgan fingerprint density at radius 2 is 1.81 bits per heavy atom. The van der Waals surface area contributed by atoms with E-state index < -0.39 is 10.9 Å². The summed E-state index contributed by atoms with van der Waals surface area (Å²) < 4.78 is 1.60. The number of rotatable bonds is 6. The topological polar surface area (TPSA) is 98.3 Å². The summed E-state index contributed by atoms with van der Waals surface area (Å²) >= 11 is 5.94. The molecule has 138 valence electrons. The van der Waals surface area contributed by atoms with Crippen molar-refractivity contribution < 1.29 is 14.8 Å². The molecule has 27 heavy (non-hydrogen) atoms. The highest BCUT2D eigenvalue weighted by atomic mass is 35.5. The number of aromatic carboxylic acids is 1. The van der Waals surface area contributed by atoms with Gasteiger partial charge in [0.25, 0.3) is 5.69 Å². The summed E-state index contributed by atoms with van der Waals surface area (Å²) in [5.41, 5.74) is 2.07. The molecule has 3 rings (SSSR count). The number of carboxylic acid groups (broad SMARTS) is 1. The van der Waals surface area contributed by atoms with Gasteiger partial charge < -0.3 is 5.11 Å². The van der Waals surface area contributed by atoms with Crippen LogP contribution in [0.15, 0.2) is 48.5 Å². The number of aromatic nitrogens is 2. The van der Waals surface area contributed by atoms with E-state index in [1.54, 1.807) is 28.9 Å². The van der Waals surface area contributed by atoms with Gasteiger partial charge in [0.2, 0.25) is 0 Å². The molecule has 2 aromatic carbocycles. The predicted octanol–water partition coefficient (Wildman–Crippen LogP) is 4.75. The molecule has 1 aromatic heterocycles. The largest absolute Gasteiger partial charge is 0.478 e. The number of non-ortho nitro benzene ring substituents is 1. The van der Waals surface area contributed by atoms with Crippen LogP contribution in [0.2, 0.25) is 5.02 Å². The van der Waals surface area contributed by atoms with Crippen molar-refractivity contribution in [3.05, 3.63) is 74.9 Å². The molecule has 3 aromatic rings. The Hall–Kier alpha value is -3.19. The molecule has 0 aliphatic carbocycles. The highest BCUT2D eigenvalue weighted by Crippen LogP contribution is 2.30. The molecule has 0 saturated carbocycles. The number of nitro benzene ring substituents is 1. The van der Waals surface area contributed by atoms with E-state index in [1.807, 2.05) is 6.92 Å². The normalized spacial score (nSPS) is 10.7. The van der Waals surface area contributed by atoms with Crippen LogP contribution in [0, 0.1) is 10.1 Å². The second-order valence-electron chi connectivity index (χ2n) is 5.92. The molecule has 1 N–H and O–H groups in total. The SMILES string of the molecule is CCCc1c(C(=O)O)c(-c2ccc([N+](=O)[O-])cc2)nn1-c1ccc(Cl)cc1. The zero-order valence-corrected chi connectivity index (χ0v) is 15.2. The van der Waals surface area contributed by atoms with Crippen molar-refractivity contribution in [2.75, 3.05) is 0 Å². The minimum Gasteiger partial charge on any atom is -0.478 e. The van der Waals surface area contributed by atoms with Crippen LogP contribution in [0.4, 0.5) is 5.69 Å². The van der Waals surface area contributed by atoms with Crippen LogP contribution in [-0.2, 0) is 6.42 Å². The van der Waals surface area contributed by atoms with Crippen LogP contribution in [-0.4, -0.2) is 25.8 Å². The number of carbonyl (C=O) groups is 1. The first-order valence-corrected chi connectivity index (χ1v) is 8.66. The van der Waals surface area contributed by atoms with Crippen LogP contribution < -0.4 is 0 Å². The molecular formula is C19H16ClN3O4. The van der Waals surface area contributed by atoms with E-state index in [-0.39, 0.29) is 16.9 Å². The molecule has 0 bridgehead atoms. The highest BCUT2D eigenvalue weighted by molar-refractivity contribution is 6.30. The summed E-state index contributed by atoms with van der Waals surface area (Å²) in [5.74, 6) is -1.09. The molecule has 0 unspecified atom stereocenters. The average Bonchev–Trinajstić information content (AvgIpc) is 3.02. The zero-order chi connectivity index (χ0) is 19.6. The van der Waals surface area contributed by atoms with Gasteiger partial charge in [-0.1, -0.05) is 24.9 Å². The standard InChI is InChI=1S/C19H16ClN3O4/c1-2-3-16-17(19(24)25)18(12-4-8-15(9-5-12)23(26)27)21-22(16)14-10-6-13(20)7-11-14/h4-11H,2-3H2,1H3,(H,24,25). The lowest BCUT2D eigenvalue weighted by Crippen LogP contribution is -2.06. The van der Waals surface area contributed by atoms with Crippen molar-refractivity contribution in [1.29, 1.82) is 0 Å². The summed E-state index contributed by atoms with van der Waals surface area (Å²) in [5, 5.41) is 25.7. The van der Waals surface area contributed by atoms with Gasteiger partial charge in [-0.15, -0.1) is 0 Å². The molecule has 0 fully saturated rings. The Labute approximate surface area is 160 Å². The summed E-state index contributed by atoms with van der Waals surface area (Å²) in [6.45, 7) is 1.95. The third-order valence-corrected chi connectivity index (χ3v) is 4.36. The van der Waals surface area contributed by atoms with Crippen LogP contribution >= 0.6 is 11.6 Å². The van der Waals surface area contributed by atoms with E-state index in [4.69, 9.17) is 11.6 Å². The van der Waals surface area contributed by atoms with Gasteiger partial charge in [0.15, 0.2) is 0 Å². The first-order chi connectivity index (χ1) is 12.9. The molecule has 0 radical (unpaired) electrons. The van der Waals surface area contributed by atoms with Gasteiger partial charge in [0, 0.05) is 22.7 Å². The molecule has 0 aliphatic rings. The van der Waals surface area contributed by atoms with Crippen LogP contribution in [0.1, 0.15) is 29.4 Å². The van der Waals surface area contributed by atoms with Gasteiger partial charge >= 0.3 is 5.97 Å². The van der Waals surface area contributed by atoms with Crippen LogP contribution in [0.5, 0.6) is 0 Å². The molecule has 0 atom stereocenters. The third kappa shape index (κ3) is 3.68. The fourth-order valence-electron chi connectivity index (χ4n) is 2.88. The van der Waals surface area contributed by atoms with Crippen LogP contribution in [0.25, 0.3) is 16.9 Å². The molecule has 7 nitrogen and oxygen atoms in total. The number of nitro groups is 1. The van der Waals surface area contributed by atoms with Gasteiger partial charge in [-0.2, -0.15) is 5.10 Å². The van der Waals surface area contributed by atoms with Crippen molar-refractivity contribution in [2.24, 2.45) is 0 Å². The van der Waals surface area contributed by atoms with Crippen molar-refractivity contribution in [3.63, 3.8) is 0 Å². The maximum atomic E-state index is 12.0.